The van der Waals surface area contributed by atoms with E-state index in [2.05, 4.69) is 24.4 Å². The summed E-state index contributed by atoms with van der Waals surface area (Å²) in [5.41, 5.74) is 4.56. The normalized spacial score (nSPS) is 11.5. The minimum Gasteiger partial charge on any atom is -0.493 e. The summed E-state index contributed by atoms with van der Waals surface area (Å²) in [5, 5.41) is 4.01. The molecular formula is C28H33N3O5S. The van der Waals surface area contributed by atoms with Gasteiger partial charge in [-0.25, -0.2) is 13.8 Å². The number of methoxy groups -OCH3 is 1. The predicted molar refractivity (Wildman–Crippen MR) is 146 cm³/mol. The van der Waals surface area contributed by atoms with Gasteiger partial charge in [0.25, 0.3) is 15.9 Å². The largest absolute Gasteiger partial charge is 0.493 e. The molecule has 3 aromatic rings. The van der Waals surface area contributed by atoms with Crippen molar-refractivity contribution in [2.75, 3.05) is 24.6 Å². The van der Waals surface area contributed by atoms with Gasteiger partial charge in [0.2, 0.25) is 0 Å². The van der Waals surface area contributed by atoms with Gasteiger partial charge in [0.1, 0.15) is 6.54 Å². The molecule has 37 heavy (non-hydrogen) atoms. The highest BCUT2D eigenvalue weighted by Gasteiger charge is 2.27. The molecule has 0 aliphatic rings. The Hall–Kier alpha value is -3.85. The van der Waals surface area contributed by atoms with Gasteiger partial charge in [-0.2, -0.15) is 5.10 Å². The Morgan fingerprint density at radius 3 is 2.35 bits per heavy atom. The Kier molecular flexibility index (Phi) is 9.68. The molecule has 0 spiro atoms. The molecule has 8 nitrogen and oxygen atoms in total. The van der Waals surface area contributed by atoms with Crippen LogP contribution in [0.3, 0.4) is 0 Å². The van der Waals surface area contributed by atoms with Gasteiger partial charge in [-0.05, 0) is 65.9 Å². The number of nitrogens with one attached hydrogen (secondary N) is 1. The fourth-order valence-corrected chi connectivity index (χ4v) is 4.94. The molecule has 0 atom stereocenters. The second-order valence-corrected chi connectivity index (χ2v) is 10.5. The predicted octanol–water partition coefficient (Wildman–Crippen LogP) is 4.95. The molecule has 0 unspecified atom stereocenters. The number of ether oxygens (including phenoxy) is 2. The number of amides is 1. The first-order valence-corrected chi connectivity index (χ1v) is 13.5. The van der Waals surface area contributed by atoms with E-state index in [1.165, 1.54) is 18.3 Å². The molecule has 0 heterocycles. The molecule has 3 rings (SSSR count). The number of anilines is 1. The van der Waals surface area contributed by atoms with E-state index in [-0.39, 0.29) is 10.8 Å². The molecule has 0 aliphatic heterocycles. The van der Waals surface area contributed by atoms with Crippen molar-refractivity contribution < 1.29 is 22.7 Å². The molecule has 1 N–H and O–H groups in total. The van der Waals surface area contributed by atoms with Crippen molar-refractivity contribution >= 4 is 27.8 Å². The fourth-order valence-electron chi connectivity index (χ4n) is 3.50. The molecule has 0 radical (unpaired) electrons. The van der Waals surface area contributed by atoms with Crippen molar-refractivity contribution in [3.05, 3.63) is 83.9 Å². The van der Waals surface area contributed by atoms with Crippen molar-refractivity contribution in [2.24, 2.45) is 5.10 Å². The molecule has 0 aromatic heterocycles. The summed E-state index contributed by atoms with van der Waals surface area (Å²) in [5.74, 6) is 0.875. The van der Waals surface area contributed by atoms with E-state index in [4.69, 9.17) is 9.47 Å². The summed E-state index contributed by atoms with van der Waals surface area (Å²) >= 11 is 0. The summed E-state index contributed by atoms with van der Waals surface area (Å²) in [6.07, 6.45) is 2.33. The maximum atomic E-state index is 13.4. The van der Waals surface area contributed by atoms with Crippen LogP contribution in [-0.4, -0.2) is 40.8 Å². The zero-order chi connectivity index (χ0) is 26.8. The molecule has 196 valence electrons. The lowest BCUT2D eigenvalue weighted by Crippen LogP contribution is -2.39. The van der Waals surface area contributed by atoms with E-state index in [0.29, 0.717) is 29.4 Å². The third-order valence-corrected chi connectivity index (χ3v) is 7.31. The number of sulfonamides is 1. The van der Waals surface area contributed by atoms with Crippen LogP contribution in [0.15, 0.2) is 82.8 Å². The molecule has 0 saturated carbocycles. The molecular weight excluding hydrogens is 490 g/mol. The number of nitrogens with zero attached hydrogens (tertiary/aromatic N) is 2. The zero-order valence-electron chi connectivity index (χ0n) is 21.5. The third kappa shape index (κ3) is 7.33. The Labute approximate surface area is 219 Å². The Balaban J connectivity index is 1.78. The zero-order valence-corrected chi connectivity index (χ0v) is 22.4. The van der Waals surface area contributed by atoms with Crippen molar-refractivity contribution in [3.8, 4) is 11.5 Å². The number of rotatable bonds is 12. The van der Waals surface area contributed by atoms with Gasteiger partial charge in [-0.15, -0.1) is 0 Å². The number of hydrogen-bond acceptors (Lipinski definition) is 6. The minimum atomic E-state index is -3.99. The summed E-state index contributed by atoms with van der Waals surface area (Å²) < 4.78 is 39.0. The average molecular weight is 524 g/mol. The Morgan fingerprint density at radius 1 is 1.03 bits per heavy atom. The molecule has 9 heteroatoms. The quantitative estimate of drug-likeness (QED) is 0.268. The van der Waals surface area contributed by atoms with Gasteiger partial charge < -0.3 is 9.47 Å². The summed E-state index contributed by atoms with van der Waals surface area (Å²) in [4.78, 5) is 12.9. The van der Waals surface area contributed by atoms with Crippen LogP contribution in [-0.2, 0) is 14.8 Å². The van der Waals surface area contributed by atoms with Crippen LogP contribution >= 0.6 is 0 Å². The van der Waals surface area contributed by atoms with Gasteiger partial charge in [0, 0.05) is 0 Å². The highest BCUT2D eigenvalue weighted by molar-refractivity contribution is 7.92. The average Bonchev–Trinajstić information content (AvgIpc) is 2.91. The highest BCUT2D eigenvalue weighted by Crippen LogP contribution is 2.28. The second kappa shape index (κ2) is 12.9. The van der Waals surface area contributed by atoms with E-state index in [9.17, 15) is 13.2 Å². The SMILES string of the molecule is CCCOc1ccc(/C=N/NC(=O)CN(c2ccc(C(C)C)cc2)S(=O)(=O)c2ccccc2)cc1OC. The molecule has 3 aromatic carbocycles. The summed E-state index contributed by atoms with van der Waals surface area (Å²) in [7, 11) is -2.44. The van der Waals surface area contributed by atoms with Gasteiger partial charge >= 0.3 is 0 Å². The van der Waals surface area contributed by atoms with E-state index in [0.717, 1.165) is 16.3 Å². The summed E-state index contributed by atoms with van der Waals surface area (Å²) in [6, 6.07) is 20.5. The lowest BCUT2D eigenvalue weighted by Gasteiger charge is -2.24. The van der Waals surface area contributed by atoms with Crippen molar-refractivity contribution in [1.82, 2.24) is 5.43 Å². The molecule has 1 amide bonds. The van der Waals surface area contributed by atoms with Gasteiger partial charge in [0.15, 0.2) is 11.5 Å². The number of benzene rings is 3. The number of carbonyl (C=O) groups is 1. The first kappa shape index (κ1) is 27.7. The van der Waals surface area contributed by atoms with E-state index >= 15 is 0 Å². The maximum Gasteiger partial charge on any atom is 0.264 e. The van der Waals surface area contributed by atoms with Gasteiger partial charge in [-0.1, -0.05) is 51.1 Å². The lowest BCUT2D eigenvalue weighted by molar-refractivity contribution is -0.119. The van der Waals surface area contributed by atoms with Gasteiger partial charge in [-0.3, -0.25) is 9.10 Å². The maximum absolute atomic E-state index is 13.4. The van der Waals surface area contributed by atoms with Crippen LogP contribution in [0.2, 0.25) is 0 Å². The van der Waals surface area contributed by atoms with Crippen molar-refractivity contribution in [3.63, 3.8) is 0 Å². The first-order valence-electron chi connectivity index (χ1n) is 12.1. The first-order chi connectivity index (χ1) is 17.8. The lowest BCUT2D eigenvalue weighted by atomic mass is 10.0. The van der Waals surface area contributed by atoms with Crippen LogP contribution in [0.1, 0.15) is 44.2 Å². The molecule has 0 aliphatic carbocycles. The van der Waals surface area contributed by atoms with Crippen LogP contribution in [0.4, 0.5) is 5.69 Å². The topological polar surface area (TPSA) is 97.3 Å². The molecule has 0 bridgehead atoms. The van der Waals surface area contributed by atoms with E-state index < -0.39 is 22.5 Å². The Bertz CT molecular complexity index is 1310. The Morgan fingerprint density at radius 2 is 1.73 bits per heavy atom. The van der Waals surface area contributed by atoms with Crippen molar-refractivity contribution in [1.29, 1.82) is 0 Å². The third-order valence-electron chi connectivity index (χ3n) is 5.52. The highest BCUT2D eigenvalue weighted by atomic mass is 32.2. The smallest absolute Gasteiger partial charge is 0.264 e. The number of hydrazone groups is 1. The molecule has 0 fully saturated rings. The van der Waals surface area contributed by atoms with E-state index in [1.807, 2.05) is 19.1 Å². The van der Waals surface area contributed by atoms with Crippen LogP contribution in [0, 0.1) is 0 Å². The van der Waals surface area contributed by atoms with Crippen LogP contribution in [0.5, 0.6) is 11.5 Å². The number of carbonyl (C=O) groups excluding carboxylic acids is 1. The minimum absolute atomic E-state index is 0.0942. The van der Waals surface area contributed by atoms with Crippen molar-refractivity contribution in [2.45, 2.75) is 38.0 Å². The monoisotopic (exact) mass is 523 g/mol. The standard InChI is InChI=1S/C28H33N3O5S/c1-5-17-36-26-16-11-22(18-27(26)35-4)19-29-30-28(32)20-31(24-14-12-23(13-15-24)21(2)3)37(33,34)25-9-7-6-8-10-25/h6-16,18-19,21H,5,17,20H2,1-4H3,(H,30,32)/b29-19+. The van der Waals surface area contributed by atoms with Crippen LogP contribution < -0.4 is 19.2 Å². The number of hydrogen-bond donors (Lipinski definition) is 1. The van der Waals surface area contributed by atoms with E-state index in [1.54, 1.807) is 55.6 Å². The van der Waals surface area contributed by atoms with Gasteiger partial charge in [0.05, 0.1) is 30.5 Å². The second-order valence-electron chi connectivity index (χ2n) is 8.62. The van der Waals surface area contributed by atoms with Crippen LogP contribution in [0.25, 0.3) is 0 Å². The fraction of sp³-hybridized carbons (Fsp3) is 0.286. The molecule has 0 saturated heterocycles. The summed E-state index contributed by atoms with van der Waals surface area (Å²) in [6.45, 7) is 6.26.